The van der Waals surface area contributed by atoms with Crippen LogP contribution < -0.4 is 0 Å². The molecule has 74 valence electrons. The molecule has 0 radical (unpaired) electrons. The Morgan fingerprint density at radius 1 is 1.29 bits per heavy atom. The number of hydrogen-bond donors (Lipinski definition) is 0. The van der Waals surface area contributed by atoms with Gasteiger partial charge in [0.1, 0.15) is 0 Å². The molecule has 0 aliphatic heterocycles. The van der Waals surface area contributed by atoms with Gasteiger partial charge in [-0.1, -0.05) is 38.1 Å². The molecule has 1 aromatic carbocycles. The minimum absolute atomic E-state index is 0.664. The first-order valence-electron chi connectivity index (χ1n) is 5.30. The quantitative estimate of drug-likeness (QED) is 0.628. The summed E-state index contributed by atoms with van der Waals surface area (Å²) in [4.78, 5) is 0. The van der Waals surface area contributed by atoms with Gasteiger partial charge in [-0.2, -0.15) is 0 Å². The zero-order valence-corrected chi connectivity index (χ0v) is 9.09. The van der Waals surface area contributed by atoms with E-state index in [1.165, 1.54) is 17.5 Å². The Hall–Kier alpha value is -1.22. The average Bonchev–Trinajstić information content (AvgIpc) is 2.26. The van der Waals surface area contributed by atoms with Crippen LogP contribution in [0.25, 0.3) is 0 Å². The molecule has 1 rings (SSSR count). The number of aryl methyl sites for hydroxylation is 1. The molecule has 0 aliphatic rings. The van der Waals surface area contributed by atoms with E-state index in [4.69, 9.17) is 6.42 Å². The van der Waals surface area contributed by atoms with Crippen LogP contribution in [0.15, 0.2) is 24.3 Å². The molecule has 0 aliphatic carbocycles. The van der Waals surface area contributed by atoms with Crippen LogP contribution in [-0.2, 0) is 6.42 Å². The van der Waals surface area contributed by atoms with Crippen molar-refractivity contribution in [3.8, 4) is 12.3 Å². The van der Waals surface area contributed by atoms with E-state index in [0.29, 0.717) is 5.92 Å². The Balaban J connectivity index is 2.64. The molecule has 1 unspecified atom stereocenters. The summed E-state index contributed by atoms with van der Waals surface area (Å²) >= 11 is 0. The van der Waals surface area contributed by atoms with Gasteiger partial charge in [-0.3, -0.25) is 0 Å². The van der Waals surface area contributed by atoms with Crippen LogP contribution in [0.2, 0.25) is 0 Å². The molecule has 0 nitrogen and oxygen atoms in total. The number of rotatable bonds is 4. The summed E-state index contributed by atoms with van der Waals surface area (Å²) in [6, 6.07) is 8.83. The van der Waals surface area contributed by atoms with E-state index in [1.807, 2.05) is 0 Å². The van der Waals surface area contributed by atoms with Crippen molar-refractivity contribution in [2.45, 2.75) is 39.0 Å². The lowest BCUT2D eigenvalue weighted by Gasteiger charge is -2.09. The first kappa shape index (κ1) is 10.9. The number of hydrogen-bond acceptors (Lipinski definition) is 0. The second-order valence-corrected chi connectivity index (χ2v) is 3.76. The van der Waals surface area contributed by atoms with Crippen LogP contribution in [0.1, 0.15) is 43.7 Å². The topological polar surface area (TPSA) is 0 Å². The van der Waals surface area contributed by atoms with Gasteiger partial charge < -0.3 is 0 Å². The minimum Gasteiger partial charge on any atom is -0.120 e. The van der Waals surface area contributed by atoms with Crippen LogP contribution in [-0.4, -0.2) is 0 Å². The maximum absolute atomic E-state index is 5.23. The van der Waals surface area contributed by atoms with Gasteiger partial charge in [0.25, 0.3) is 0 Å². The van der Waals surface area contributed by atoms with Crippen LogP contribution >= 0.6 is 0 Å². The highest BCUT2D eigenvalue weighted by Gasteiger charge is 2.01. The van der Waals surface area contributed by atoms with Gasteiger partial charge in [0.05, 0.1) is 0 Å². The molecule has 0 fully saturated rings. The lowest BCUT2D eigenvalue weighted by molar-refractivity contribution is 0.733. The van der Waals surface area contributed by atoms with Crippen LogP contribution in [0.4, 0.5) is 0 Å². The number of benzene rings is 1. The maximum Gasteiger partial charge on any atom is 0.0127 e. The first-order valence-corrected chi connectivity index (χ1v) is 5.30. The molecule has 0 saturated carbocycles. The van der Waals surface area contributed by atoms with Crippen molar-refractivity contribution in [1.29, 1.82) is 0 Å². The zero-order chi connectivity index (χ0) is 10.4. The van der Waals surface area contributed by atoms with Gasteiger partial charge in [-0.25, -0.2) is 0 Å². The summed E-state index contributed by atoms with van der Waals surface area (Å²) in [5.41, 5.74) is 2.77. The smallest absolute Gasteiger partial charge is 0.0127 e. The molecule has 0 heteroatoms. The molecule has 14 heavy (non-hydrogen) atoms. The van der Waals surface area contributed by atoms with Gasteiger partial charge in [0, 0.05) is 6.42 Å². The predicted octanol–water partition coefficient (Wildman–Crippen LogP) is 3.77. The Kier molecular flexibility index (Phi) is 4.26. The fraction of sp³-hybridized carbons (Fsp3) is 0.429. The molecule has 0 amide bonds. The van der Waals surface area contributed by atoms with Gasteiger partial charge in [0.15, 0.2) is 0 Å². The van der Waals surface area contributed by atoms with Gasteiger partial charge in [-0.15, -0.1) is 12.3 Å². The molecule has 0 N–H and O–H groups in total. The Morgan fingerprint density at radius 2 is 1.93 bits per heavy atom. The van der Waals surface area contributed by atoms with Crippen LogP contribution in [0, 0.1) is 12.3 Å². The van der Waals surface area contributed by atoms with Gasteiger partial charge in [0.2, 0.25) is 0 Å². The summed E-state index contributed by atoms with van der Waals surface area (Å²) in [7, 11) is 0. The van der Waals surface area contributed by atoms with E-state index < -0.39 is 0 Å². The van der Waals surface area contributed by atoms with E-state index >= 15 is 0 Å². The third kappa shape index (κ3) is 2.92. The minimum atomic E-state index is 0.664. The van der Waals surface area contributed by atoms with E-state index in [1.54, 1.807) is 0 Å². The fourth-order valence-corrected chi connectivity index (χ4v) is 1.47. The Labute approximate surface area is 87.4 Å². The molecule has 0 aromatic heterocycles. The van der Waals surface area contributed by atoms with Crippen molar-refractivity contribution in [3.63, 3.8) is 0 Å². The third-order valence-corrected chi connectivity index (χ3v) is 2.72. The molecular formula is C14H18. The Morgan fingerprint density at radius 3 is 2.43 bits per heavy atom. The summed E-state index contributed by atoms with van der Waals surface area (Å²) < 4.78 is 0. The summed E-state index contributed by atoms with van der Waals surface area (Å²) in [6.07, 6.45) is 8.26. The number of terminal acetylenes is 1. The molecule has 1 atom stereocenters. The third-order valence-electron chi connectivity index (χ3n) is 2.72. The molecular weight excluding hydrogens is 168 g/mol. The highest BCUT2D eigenvalue weighted by atomic mass is 14.1. The largest absolute Gasteiger partial charge is 0.120 e. The predicted molar refractivity (Wildman–Crippen MR) is 62.3 cm³/mol. The fourth-order valence-electron chi connectivity index (χ4n) is 1.47. The van der Waals surface area contributed by atoms with Crippen molar-refractivity contribution in [3.05, 3.63) is 35.4 Å². The normalized spacial score (nSPS) is 12.1. The summed E-state index contributed by atoms with van der Waals surface area (Å²) in [5, 5.41) is 0. The second-order valence-electron chi connectivity index (χ2n) is 3.76. The highest BCUT2D eigenvalue weighted by Crippen LogP contribution is 2.19. The SMILES string of the molecule is C#CCCc1ccc(C(C)CC)cc1. The molecule has 0 saturated heterocycles. The second kappa shape index (κ2) is 5.50. The first-order chi connectivity index (χ1) is 6.77. The zero-order valence-electron chi connectivity index (χ0n) is 9.09. The molecule has 0 heterocycles. The van der Waals surface area contributed by atoms with Crippen molar-refractivity contribution < 1.29 is 0 Å². The van der Waals surface area contributed by atoms with Crippen molar-refractivity contribution in [2.75, 3.05) is 0 Å². The van der Waals surface area contributed by atoms with Crippen LogP contribution in [0.5, 0.6) is 0 Å². The monoisotopic (exact) mass is 186 g/mol. The van der Waals surface area contributed by atoms with Crippen molar-refractivity contribution in [1.82, 2.24) is 0 Å². The molecule has 0 bridgehead atoms. The van der Waals surface area contributed by atoms with Crippen molar-refractivity contribution in [2.24, 2.45) is 0 Å². The van der Waals surface area contributed by atoms with E-state index in [0.717, 1.165) is 12.8 Å². The standard InChI is InChI=1S/C14H18/c1-4-6-7-13-8-10-14(11-9-13)12(3)5-2/h1,8-12H,5-7H2,2-3H3. The van der Waals surface area contributed by atoms with E-state index in [9.17, 15) is 0 Å². The van der Waals surface area contributed by atoms with Crippen LogP contribution in [0.3, 0.4) is 0 Å². The summed E-state index contributed by atoms with van der Waals surface area (Å²) in [5.74, 6) is 3.33. The highest BCUT2D eigenvalue weighted by molar-refractivity contribution is 5.25. The van der Waals surface area contributed by atoms with E-state index in [2.05, 4.69) is 44.0 Å². The van der Waals surface area contributed by atoms with Gasteiger partial charge >= 0.3 is 0 Å². The lowest BCUT2D eigenvalue weighted by Crippen LogP contribution is -1.91. The maximum atomic E-state index is 5.23. The average molecular weight is 186 g/mol. The van der Waals surface area contributed by atoms with Gasteiger partial charge in [-0.05, 0) is 29.9 Å². The molecule has 0 spiro atoms. The molecule has 1 aromatic rings. The summed E-state index contributed by atoms with van der Waals surface area (Å²) in [6.45, 7) is 4.48. The lowest BCUT2D eigenvalue weighted by atomic mass is 9.97. The Bertz CT molecular complexity index is 300. The van der Waals surface area contributed by atoms with E-state index in [-0.39, 0.29) is 0 Å². The van der Waals surface area contributed by atoms with Crippen molar-refractivity contribution >= 4 is 0 Å².